The predicted octanol–water partition coefficient (Wildman–Crippen LogP) is 1.92. The molecule has 0 saturated carbocycles. The molecule has 0 aliphatic heterocycles. The molecule has 13 heavy (non-hydrogen) atoms. The van der Waals surface area contributed by atoms with Gasteiger partial charge in [0.2, 0.25) is 0 Å². The van der Waals surface area contributed by atoms with Crippen LogP contribution in [0, 0.1) is 11.6 Å². The minimum atomic E-state index is -1.12. The van der Waals surface area contributed by atoms with Gasteiger partial charge in [-0.15, -0.1) is 0 Å². The summed E-state index contributed by atoms with van der Waals surface area (Å²) in [6.07, 6.45) is 0.284. The second-order valence-electron chi connectivity index (χ2n) is 2.49. The number of hydrogen-bond acceptors (Lipinski definition) is 2. The fraction of sp³-hybridized carbons (Fsp3) is 0.222. The van der Waals surface area contributed by atoms with E-state index in [1.807, 2.05) is 0 Å². The molecule has 0 saturated heterocycles. The monoisotopic (exact) mass is 186 g/mol. The van der Waals surface area contributed by atoms with E-state index < -0.39 is 11.6 Å². The van der Waals surface area contributed by atoms with Gasteiger partial charge < -0.3 is 4.74 Å². The molecule has 0 unspecified atom stereocenters. The standard InChI is InChI=1S/C9H8F2O2/c1-13-5-6-2-3-8(10)9(11)7(6)4-12/h2-4H,5H2,1H3. The van der Waals surface area contributed by atoms with Gasteiger partial charge in [0, 0.05) is 7.11 Å². The molecule has 0 aliphatic rings. The molecule has 0 spiro atoms. The van der Waals surface area contributed by atoms with Crippen molar-refractivity contribution in [2.45, 2.75) is 6.61 Å². The van der Waals surface area contributed by atoms with Gasteiger partial charge in [-0.05, 0) is 11.6 Å². The van der Waals surface area contributed by atoms with E-state index in [0.717, 1.165) is 6.07 Å². The summed E-state index contributed by atoms with van der Waals surface area (Å²) >= 11 is 0. The molecular formula is C9H8F2O2. The lowest BCUT2D eigenvalue weighted by Gasteiger charge is -2.04. The molecule has 0 radical (unpaired) electrons. The van der Waals surface area contributed by atoms with Gasteiger partial charge in [-0.2, -0.15) is 0 Å². The van der Waals surface area contributed by atoms with E-state index in [-0.39, 0.29) is 18.5 Å². The molecule has 0 aliphatic carbocycles. The quantitative estimate of drug-likeness (QED) is 0.674. The van der Waals surface area contributed by atoms with Crippen molar-refractivity contribution in [2.75, 3.05) is 7.11 Å². The molecule has 0 N–H and O–H groups in total. The van der Waals surface area contributed by atoms with Crippen LogP contribution in [0.4, 0.5) is 8.78 Å². The van der Waals surface area contributed by atoms with E-state index in [4.69, 9.17) is 4.74 Å². The SMILES string of the molecule is COCc1ccc(F)c(F)c1C=O. The first kappa shape index (κ1) is 9.80. The third kappa shape index (κ3) is 1.89. The van der Waals surface area contributed by atoms with Gasteiger partial charge in [-0.3, -0.25) is 4.79 Å². The molecule has 0 atom stereocenters. The van der Waals surface area contributed by atoms with E-state index in [1.165, 1.54) is 13.2 Å². The van der Waals surface area contributed by atoms with Crippen molar-refractivity contribution in [1.29, 1.82) is 0 Å². The Bertz CT molecular complexity index is 324. The highest BCUT2D eigenvalue weighted by Crippen LogP contribution is 2.15. The number of rotatable bonds is 3. The second-order valence-corrected chi connectivity index (χ2v) is 2.49. The molecule has 4 heteroatoms. The number of halogens is 2. The first-order valence-electron chi connectivity index (χ1n) is 3.61. The van der Waals surface area contributed by atoms with Crippen molar-refractivity contribution in [2.24, 2.45) is 0 Å². The number of benzene rings is 1. The van der Waals surface area contributed by atoms with Crippen LogP contribution in [0.3, 0.4) is 0 Å². The van der Waals surface area contributed by atoms with Gasteiger partial charge in [0.15, 0.2) is 17.9 Å². The van der Waals surface area contributed by atoms with Gasteiger partial charge in [-0.25, -0.2) is 8.78 Å². The molecule has 0 amide bonds. The molecule has 0 aromatic heterocycles. The number of hydrogen-bond donors (Lipinski definition) is 0. The maximum Gasteiger partial charge on any atom is 0.169 e. The van der Waals surface area contributed by atoms with Crippen molar-refractivity contribution in [3.63, 3.8) is 0 Å². The fourth-order valence-electron chi connectivity index (χ4n) is 1.02. The summed E-state index contributed by atoms with van der Waals surface area (Å²) < 4.78 is 30.3. The average Bonchev–Trinajstić information content (AvgIpc) is 2.12. The Morgan fingerprint density at radius 3 is 2.69 bits per heavy atom. The van der Waals surface area contributed by atoms with Gasteiger partial charge in [0.25, 0.3) is 0 Å². The van der Waals surface area contributed by atoms with Crippen LogP contribution in [0.5, 0.6) is 0 Å². The molecule has 0 heterocycles. The lowest BCUT2D eigenvalue weighted by molar-refractivity contribution is 0.111. The van der Waals surface area contributed by atoms with Crippen LogP contribution in [0.1, 0.15) is 15.9 Å². The van der Waals surface area contributed by atoms with E-state index >= 15 is 0 Å². The number of methoxy groups -OCH3 is 1. The Labute approximate surface area is 74.1 Å². The van der Waals surface area contributed by atoms with Crippen LogP contribution >= 0.6 is 0 Å². The fourth-order valence-corrected chi connectivity index (χ4v) is 1.02. The smallest absolute Gasteiger partial charge is 0.169 e. The van der Waals surface area contributed by atoms with E-state index in [2.05, 4.69) is 0 Å². The normalized spacial score (nSPS) is 10.1. The second kappa shape index (κ2) is 4.09. The van der Waals surface area contributed by atoms with Gasteiger partial charge in [0.1, 0.15) is 0 Å². The topological polar surface area (TPSA) is 26.3 Å². The Morgan fingerprint density at radius 1 is 1.46 bits per heavy atom. The lowest BCUT2D eigenvalue weighted by Crippen LogP contribution is -2.00. The molecule has 70 valence electrons. The molecule has 1 aromatic rings. The average molecular weight is 186 g/mol. The number of carbonyl (C=O) groups excluding carboxylic acids is 1. The highest BCUT2D eigenvalue weighted by molar-refractivity contribution is 5.77. The summed E-state index contributed by atoms with van der Waals surface area (Å²) in [6, 6.07) is 2.29. The summed E-state index contributed by atoms with van der Waals surface area (Å²) in [5, 5.41) is 0. The van der Waals surface area contributed by atoms with Gasteiger partial charge in [-0.1, -0.05) is 6.07 Å². The van der Waals surface area contributed by atoms with Crippen LogP contribution < -0.4 is 0 Å². The van der Waals surface area contributed by atoms with Gasteiger partial charge in [0.05, 0.1) is 12.2 Å². The van der Waals surface area contributed by atoms with Crippen LogP contribution in [-0.4, -0.2) is 13.4 Å². The first-order chi connectivity index (χ1) is 6.20. The number of aldehydes is 1. The van der Waals surface area contributed by atoms with Crippen LogP contribution in [-0.2, 0) is 11.3 Å². The Kier molecular flexibility index (Phi) is 3.08. The van der Waals surface area contributed by atoms with E-state index in [9.17, 15) is 13.6 Å². The molecule has 2 nitrogen and oxygen atoms in total. The molecule has 0 fully saturated rings. The maximum atomic E-state index is 12.9. The molecule has 1 rings (SSSR count). The van der Waals surface area contributed by atoms with E-state index in [0.29, 0.717) is 5.56 Å². The minimum Gasteiger partial charge on any atom is -0.380 e. The summed E-state index contributed by atoms with van der Waals surface area (Å²) in [7, 11) is 1.41. The van der Waals surface area contributed by atoms with Crippen LogP contribution in [0.25, 0.3) is 0 Å². The summed E-state index contributed by atoms with van der Waals surface area (Å²) in [5.74, 6) is -2.15. The van der Waals surface area contributed by atoms with Crippen LogP contribution in [0.15, 0.2) is 12.1 Å². The number of carbonyl (C=O) groups is 1. The Balaban J connectivity index is 3.21. The zero-order valence-corrected chi connectivity index (χ0v) is 7.01. The number of ether oxygens (including phenoxy) is 1. The molecular weight excluding hydrogens is 178 g/mol. The first-order valence-corrected chi connectivity index (χ1v) is 3.61. The molecule has 1 aromatic carbocycles. The van der Waals surface area contributed by atoms with Crippen molar-refractivity contribution < 1.29 is 18.3 Å². The third-order valence-corrected chi connectivity index (χ3v) is 1.64. The van der Waals surface area contributed by atoms with E-state index in [1.54, 1.807) is 0 Å². The van der Waals surface area contributed by atoms with Crippen molar-refractivity contribution in [1.82, 2.24) is 0 Å². The summed E-state index contributed by atoms with van der Waals surface area (Å²) in [5.41, 5.74) is 0.0678. The third-order valence-electron chi connectivity index (χ3n) is 1.64. The molecule has 0 bridgehead atoms. The lowest BCUT2D eigenvalue weighted by atomic mass is 10.1. The minimum absolute atomic E-state index is 0.0886. The zero-order valence-electron chi connectivity index (χ0n) is 7.01. The van der Waals surface area contributed by atoms with Crippen molar-refractivity contribution in [3.05, 3.63) is 34.9 Å². The maximum absolute atomic E-state index is 12.9. The predicted molar refractivity (Wildman–Crippen MR) is 42.5 cm³/mol. The van der Waals surface area contributed by atoms with Crippen molar-refractivity contribution in [3.8, 4) is 0 Å². The largest absolute Gasteiger partial charge is 0.380 e. The Morgan fingerprint density at radius 2 is 2.15 bits per heavy atom. The van der Waals surface area contributed by atoms with Gasteiger partial charge >= 0.3 is 0 Å². The van der Waals surface area contributed by atoms with Crippen molar-refractivity contribution >= 4 is 6.29 Å². The summed E-state index contributed by atoms with van der Waals surface area (Å²) in [6.45, 7) is 0.0886. The van der Waals surface area contributed by atoms with Crippen LogP contribution in [0.2, 0.25) is 0 Å². The Hall–Kier alpha value is -1.29. The highest BCUT2D eigenvalue weighted by atomic mass is 19.2. The zero-order chi connectivity index (χ0) is 9.84. The summed E-state index contributed by atoms with van der Waals surface area (Å²) in [4.78, 5) is 10.4. The highest BCUT2D eigenvalue weighted by Gasteiger charge is 2.11.